The molecule has 5 nitrogen and oxygen atoms in total. The monoisotopic (exact) mass is 301 g/mol. The number of β-amino-alcohol motifs (C(OH)–C–C–N with tert-alkyl or cyclic N) is 1. The molecular formula is C16H31NO4. The highest BCUT2D eigenvalue weighted by molar-refractivity contribution is 4.95. The van der Waals surface area contributed by atoms with Crippen molar-refractivity contribution in [2.75, 3.05) is 19.7 Å². The van der Waals surface area contributed by atoms with Crippen molar-refractivity contribution >= 4 is 0 Å². The first kappa shape index (κ1) is 17.2. The number of nitrogens with zero attached hydrogens (tertiary/aromatic N) is 1. The lowest BCUT2D eigenvalue weighted by Crippen LogP contribution is -2.63. The molecule has 1 saturated carbocycles. The Morgan fingerprint density at radius 2 is 1.62 bits per heavy atom. The number of piperidine rings is 1. The fourth-order valence-electron chi connectivity index (χ4n) is 3.96. The van der Waals surface area contributed by atoms with Gasteiger partial charge in [-0.25, -0.2) is 0 Å². The Hall–Kier alpha value is -0.200. The summed E-state index contributed by atoms with van der Waals surface area (Å²) in [6, 6.07) is -0.466. The van der Waals surface area contributed by atoms with E-state index < -0.39 is 24.4 Å². The Morgan fingerprint density at radius 1 is 1.00 bits per heavy atom. The molecule has 0 spiro atoms. The zero-order valence-electron chi connectivity index (χ0n) is 13.2. The van der Waals surface area contributed by atoms with Gasteiger partial charge >= 0.3 is 0 Å². The van der Waals surface area contributed by atoms with Gasteiger partial charge in [-0.3, -0.25) is 4.90 Å². The van der Waals surface area contributed by atoms with Gasteiger partial charge in [0.2, 0.25) is 0 Å². The van der Waals surface area contributed by atoms with Gasteiger partial charge in [0.1, 0.15) is 12.2 Å². The van der Waals surface area contributed by atoms with Crippen molar-refractivity contribution in [3.05, 3.63) is 0 Å². The molecule has 124 valence electrons. The smallest absolute Gasteiger partial charge is 0.109 e. The zero-order chi connectivity index (χ0) is 15.6. The Kier molecular flexibility index (Phi) is 6.03. The van der Waals surface area contributed by atoms with E-state index in [0.717, 1.165) is 18.4 Å². The summed E-state index contributed by atoms with van der Waals surface area (Å²) < 4.78 is 0. The first-order valence-electron chi connectivity index (χ1n) is 8.33. The maximum Gasteiger partial charge on any atom is 0.109 e. The fraction of sp³-hybridized carbons (Fsp3) is 1.00. The zero-order valence-corrected chi connectivity index (χ0v) is 13.2. The predicted octanol–water partition coefficient (Wildman–Crippen LogP) is 0.208. The molecule has 2 aliphatic rings. The van der Waals surface area contributed by atoms with Crippen LogP contribution in [-0.4, -0.2) is 69.4 Å². The maximum atomic E-state index is 10.0. The lowest BCUT2D eigenvalue weighted by Gasteiger charge is -2.45. The standard InChI is InChI=1S/C16H31NO4/c1-10(2)12-5-3-11(4-6-12)7-17-8-14(19)16(21)15(20)13(17)9-18/h10-16,18-21H,3-9H2,1-2H3/t11-,12+,13-,14-,15+,16+/m0/s1. The van der Waals surface area contributed by atoms with E-state index >= 15 is 0 Å². The topological polar surface area (TPSA) is 84.2 Å². The summed E-state index contributed by atoms with van der Waals surface area (Å²) in [4.78, 5) is 1.96. The average molecular weight is 301 g/mol. The van der Waals surface area contributed by atoms with Crippen LogP contribution in [0, 0.1) is 17.8 Å². The maximum absolute atomic E-state index is 10.0. The van der Waals surface area contributed by atoms with Crippen LogP contribution < -0.4 is 0 Å². The van der Waals surface area contributed by atoms with E-state index in [2.05, 4.69) is 13.8 Å². The van der Waals surface area contributed by atoms with E-state index in [1.54, 1.807) is 0 Å². The Balaban J connectivity index is 1.89. The average Bonchev–Trinajstić information content (AvgIpc) is 2.46. The van der Waals surface area contributed by atoms with Gasteiger partial charge in [0.15, 0.2) is 0 Å². The van der Waals surface area contributed by atoms with Gasteiger partial charge in [-0.2, -0.15) is 0 Å². The molecule has 1 heterocycles. The van der Waals surface area contributed by atoms with Crippen LogP contribution in [-0.2, 0) is 0 Å². The van der Waals surface area contributed by atoms with Crippen LogP contribution in [0.5, 0.6) is 0 Å². The van der Waals surface area contributed by atoms with Crippen molar-refractivity contribution in [3.8, 4) is 0 Å². The van der Waals surface area contributed by atoms with E-state index in [1.807, 2.05) is 4.90 Å². The minimum absolute atomic E-state index is 0.188. The molecule has 4 atom stereocenters. The highest BCUT2D eigenvalue weighted by Crippen LogP contribution is 2.34. The predicted molar refractivity (Wildman–Crippen MR) is 80.8 cm³/mol. The number of aliphatic hydroxyl groups excluding tert-OH is 4. The van der Waals surface area contributed by atoms with Gasteiger partial charge in [-0.05, 0) is 43.4 Å². The molecule has 2 fully saturated rings. The summed E-state index contributed by atoms with van der Waals surface area (Å²) in [5, 5.41) is 39.1. The molecular weight excluding hydrogens is 270 g/mol. The van der Waals surface area contributed by atoms with Crippen LogP contribution in [0.15, 0.2) is 0 Å². The summed E-state index contributed by atoms with van der Waals surface area (Å²) in [6.45, 7) is 5.49. The van der Waals surface area contributed by atoms with Crippen molar-refractivity contribution in [2.24, 2.45) is 17.8 Å². The molecule has 0 bridgehead atoms. The van der Waals surface area contributed by atoms with Crippen LogP contribution >= 0.6 is 0 Å². The molecule has 1 saturated heterocycles. The Bertz CT molecular complexity index is 317. The lowest BCUT2D eigenvalue weighted by atomic mass is 9.76. The van der Waals surface area contributed by atoms with E-state index in [-0.39, 0.29) is 6.61 Å². The summed E-state index contributed by atoms with van der Waals surface area (Å²) in [7, 11) is 0. The van der Waals surface area contributed by atoms with Gasteiger partial charge in [0.25, 0.3) is 0 Å². The third-order valence-corrected chi connectivity index (χ3v) is 5.54. The number of aliphatic hydroxyl groups is 4. The van der Waals surface area contributed by atoms with Crippen LogP contribution in [0.1, 0.15) is 39.5 Å². The van der Waals surface area contributed by atoms with Crippen LogP contribution in [0.25, 0.3) is 0 Å². The molecule has 1 aliphatic heterocycles. The van der Waals surface area contributed by atoms with E-state index in [9.17, 15) is 20.4 Å². The first-order chi connectivity index (χ1) is 9.93. The second-order valence-electron chi connectivity index (χ2n) is 7.28. The van der Waals surface area contributed by atoms with E-state index in [0.29, 0.717) is 12.5 Å². The van der Waals surface area contributed by atoms with Gasteiger partial charge in [0, 0.05) is 13.1 Å². The molecule has 2 rings (SSSR count). The Labute approximate surface area is 127 Å². The quantitative estimate of drug-likeness (QED) is 0.596. The highest BCUT2D eigenvalue weighted by atomic mass is 16.4. The van der Waals surface area contributed by atoms with Crippen LogP contribution in [0.3, 0.4) is 0 Å². The fourth-order valence-corrected chi connectivity index (χ4v) is 3.96. The third-order valence-electron chi connectivity index (χ3n) is 5.54. The summed E-state index contributed by atoms with van der Waals surface area (Å²) >= 11 is 0. The molecule has 4 N–H and O–H groups in total. The van der Waals surface area contributed by atoms with Gasteiger partial charge in [-0.15, -0.1) is 0 Å². The van der Waals surface area contributed by atoms with Gasteiger partial charge in [0.05, 0.1) is 18.8 Å². The summed E-state index contributed by atoms with van der Waals surface area (Å²) in [5.74, 6) is 2.11. The SMILES string of the molecule is CC(C)[C@H]1CC[C@@H](CN2C[C@H](O)[C@@H](O)[C@H](O)[C@@H]2CO)CC1. The number of likely N-dealkylation sites (tertiary alicyclic amines) is 1. The molecule has 0 aromatic carbocycles. The lowest BCUT2D eigenvalue weighted by molar-refractivity contribution is -0.148. The van der Waals surface area contributed by atoms with Crippen molar-refractivity contribution in [1.29, 1.82) is 0 Å². The molecule has 5 heteroatoms. The number of hydrogen-bond acceptors (Lipinski definition) is 5. The Morgan fingerprint density at radius 3 is 2.14 bits per heavy atom. The molecule has 21 heavy (non-hydrogen) atoms. The summed E-state index contributed by atoms with van der Waals surface area (Å²) in [5.41, 5.74) is 0. The van der Waals surface area contributed by atoms with E-state index in [4.69, 9.17) is 0 Å². The number of hydrogen-bond donors (Lipinski definition) is 4. The summed E-state index contributed by atoms with van der Waals surface area (Å²) in [6.07, 6.45) is 1.66. The van der Waals surface area contributed by atoms with Gasteiger partial charge in [-0.1, -0.05) is 13.8 Å². The van der Waals surface area contributed by atoms with Crippen molar-refractivity contribution in [1.82, 2.24) is 4.90 Å². The van der Waals surface area contributed by atoms with Crippen LogP contribution in [0.4, 0.5) is 0 Å². The van der Waals surface area contributed by atoms with Crippen molar-refractivity contribution < 1.29 is 20.4 Å². The molecule has 0 aromatic rings. The first-order valence-corrected chi connectivity index (χ1v) is 8.33. The van der Waals surface area contributed by atoms with Gasteiger partial charge < -0.3 is 20.4 Å². The minimum Gasteiger partial charge on any atom is -0.395 e. The molecule has 0 aromatic heterocycles. The largest absolute Gasteiger partial charge is 0.395 e. The van der Waals surface area contributed by atoms with Crippen LogP contribution in [0.2, 0.25) is 0 Å². The molecule has 1 aliphatic carbocycles. The minimum atomic E-state index is -1.16. The highest BCUT2D eigenvalue weighted by Gasteiger charge is 2.41. The molecule has 0 radical (unpaired) electrons. The normalized spacial score (nSPS) is 42.4. The second kappa shape index (κ2) is 7.38. The van der Waals surface area contributed by atoms with E-state index in [1.165, 1.54) is 25.7 Å². The number of rotatable bonds is 4. The van der Waals surface area contributed by atoms with Crippen molar-refractivity contribution in [2.45, 2.75) is 63.9 Å². The second-order valence-corrected chi connectivity index (χ2v) is 7.28. The molecule has 0 unspecified atom stereocenters. The molecule has 0 amide bonds. The van der Waals surface area contributed by atoms with Crippen molar-refractivity contribution in [3.63, 3.8) is 0 Å². The third kappa shape index (κ3) is 3.96.